The summed E-state index contributed by atoms with van der Waals surface area (Å²) in [6.45, 7) is 0. The molecule has 0 saturated heterocycles. The summed E-state index contributed by atoms with van der Waals surface area (Å²) in [6, 6.07) is 10.6. The van der Waals surface area contributed by atoms with E-state index >= 15 is 0 Å². The number of thiophene rings is 1. The first kappa shape index (κ1) is 12.5. The predicted octanol–water partition coefficient (Wildman–Crippen LogP) is 3.27. The van der Waals surface area contributed by atoms with Crippen LogP contribution in [0, 0.1) is 0 Å². The summed E-state index contributed by atoms with van der Waals surface area (Å²) < 4.78 is 26.7. The third kappa shape index (κ3) is 3.02. The molecule has 0 saturated carbocycles. The summed E-state index contributed by atoms with van der Waals surface area (Å²) in [6.07, 6.45) is 1.98. The van der Waals surface area contributed by atoms with Crippen LogP contribution in [-0.4, -0.2) is 14.7 Å². The van der Waals surface area contributed by atoms with Gasteiger partial charge in [-0.2, -0.15) is 0 Å². The van der Waals surface area contributed by atoms with Crippen LogP contribution >= 0.6 is 23.1 Å². The Morgan fingerprint density at radius 3 is 2.41 bits per heavy atom. The minimum atomic E-state index is -3.43. The number of thioether (sulfide) groups is 1. The molecule has 1 N–H and O–H groups in total. The van der Waals surface area contributed by atoms with E-state index in [0.717, 1.165) is 4.90 Å². The van der Waals surface area contributed by atoms with E-state index in [-0.39, 0.29) is 0 Å². The molecule has 0 amide bonds. The van der Waals surface area contributed by atoms with Crippen molar-refractivity contribution in [3.63, 3.8) is 0 Å². The molecule has 0 aliphatic heterocycles. The Kier molecular flexibility index (Phi) is 3.76. The molecule has 17 heavy (non-hydrogen) atoms. The van der Waals surface area contributed by atoms with Gasteiger partial charge in [-0.25, -0.2) is 8.42 Å². The molecule has 0 bridgehead atoms. The largest absolute Gasteiger partial charge is 0.279 e. The highest BCUT2D eigenvalue weighted by Crippen LogP contribution is 2.22. The van der Waals surface area contributed by atoms with Crippen LogP contribution in [0.25, 0.3) is 0 Å². The molecule has 0 fully saturated rings. The summed E-state index contributed by atoms with van der Waals surface area (Å²) in [4.78, 5) is 1.10. The van der Waals surface area contributed by atoms with Crippen molar-refractivity contribution in [3.8, 4) is 0 Å². The van der Waals surface area contributed by atoms with E-state index in [9.17, 15) is 8.42 Å². The molecule has 0 spiro atoms. The Hall–Kier alpha value is -0.980. The van der Waals surface area contributed by atoms with Crippen LogP contribution in [0.5, 0.6) is 0 Å². The highest BCUT2D eigenvalue weighted by Gasteiger charge is 2.14. The van der Waals surface area contributed by atoms with Crippen molar-refractivity contribution >= 4 is 38.8 Å². The average Bonchev–Trinajstić information content (AvgIpc) is 2.84. The van der Waals surface area contributed by atoms with Crippen molar-refractivity contribution in [2.24, 2.45) is 0 Å². The zero-order chi connectivity index (χ0) is 12.3. The van der Waals surface area contributed by atoms with Gasteiger partial charge < -0.3 is 0 Å². The fourth-order valence-electron chi connectivity index (χ4n) is 1.28. The number of hydrogen-bond acceptors (Lipinski definition) is 4. The monoisotopic (exact) mass is 285 g/mol. The van der Waals surface area contributed by atoms with E-state index < -0.39 is 10.0 Å². The van der Waals surface area contributed by atoms with Gasteiger partial charge in [0.25, 0.3) is 10.0 Å². The molecule has 6 heteroatoms. The fourth-order valence-corrected chi connectivity index (χ4v) is 3.74. The number of benzene rings is 1. The topological polar surface area (TPSA) is 46.2 Å². The third-order valence-corrected chi connectivity index (χ3v) is 5.62. The number of anilines is 1. The van der Waals surface area contributed by atoms with Gasteiger partial charge in [-0.3, -0.25) is 4.72 Å². The van der Waals surface area contributed by atoms with E-state index in [1.54, 1.807) is 41.4 Å². The predicted molar refractivity (Wildman–Crippen MR) is 73.4 cm³/mol. The fraction of sp³-hybridized carbons (Fsp3) is 0.0909. The SMILES string of the molecule is CSc1ccc(NS(=O)(=O)c2cccs2)cc1. The molecule has 0 aliphatic rings. The first-order chi connectivity index (χ1) is 8.12. The van der Waals surface area contributed by atoms with Crippen LogP contribution in [0.2, 0.25) is 0 Å². The normalized spacial score (nSPS) is 11.4. The molecule has 90 valence electrons. The Labute approximate surface area is 109 Å². The van der Waals surface area contributed by atoms with E-state index in [0.29, 0.717) is 9.90 Å². The maximum Gasteiger partial charge on any atom is 0.271 e. The molecule has 0 unspecified atom stereocenters. The standard InChI is InChI=1S/C11H11NO2S3/c1-15-10-6-4-9(5-7-10)12-17(13,14)11-3-2-8-16-11/h2-8,12H,1H3. The number of nitrogens with one attached hydrogen (secondary N) is 1. The first-order valence-electron chi connectivity index (χ1n) is 4.82. The van der Waals surface area contributed by atoms with Gasteiger partial charge in [0.05, 0.1) is 0 Å². The lowest BCUT2D eigenvalue weighted by Gasteiger charge is -2.06. The molecule has 1 heterocycles. The average molecular weight is 285 g/mol. The lowest BCUT2D eigenvalue weighted by atomic mass is 10.3. The third-order valence-electron chi connectivity index (χ3n) is 2.10. The summed E-state index contributed by atoms with van der Waals surface area (Å²) in [7, 11) is -3.43. The Morgan fingerprint density at radius 2 is 1.88 bits per heavy atom. The summed E-state index contributed by atoms with van der Waals surface area (Å²) in [5.41, 5.74) is 0.580. The molecule has 0 atom stereocenters. The van der Waals surface area contributed by atoms with Crippen molar-refractivity contribution in [1.82, 2.24) is 0 Å². The number of rotatable bonds is 4. The molecule has 2 rings (SSSR count). The van der Waals surface area contributed by atoms with Gasteiger partial charge in [-0.15, -0.1) is 23.1 Å². The van der Waals surface area contributed by atoms with Gasteiger partial charge in [0, 0.05) is 10.6 Å². The zero-order valence-electron chi connectivity index (χ0n) is 9.08. The Morgan fingerprint density at radius 1 is 1.18 bits per heavy atom. The van der Waals surface area contributed by atoms with Crippen LogP contribution in [-0.2, 0) is 10.0 Å². The van der Waals surface area contributed by atoms with E-state index in [4.69, 9.17) is 0 Å². The van der Waals surface area contributed by atoms with Crippen molar-refractivity contribution in [3.05, 3.63) is 41.8 Å². The van der Waals surface area contributed by atoms with Crippen LogP contribution in [0.15, 0.2) is 50.9 Å². The molecular formula is C11H11NO2S3. The zero-order valence-corrected chi connectivity index (χ0v) is 11.5. The number of sulfonamides is 1. The minimum absolute atomic E-state index is 0.325. The highest BCUT2D eigenvalue weighted by atomic mass is 32.2. The second-order valence-electron chi connectivity index (χ2n) is 3.27. The van der Waals surface area contributed by atoms with Gasteiger partial charge in [-0.1, -0.05) is 6.07 Å². The lowest BCUT2D eigenvalue weighted by Crippen LogP contribution is -2.11. The summed E-state index contributed by atoms with van der Waals surface area (Å²) in [5.74, 6) is 0. The maximum atomic E-state index is 11.9. The van der Waals surface area contributed by atoms with Crippen molar-refractivity contribution in [1.29, 1.82) is 0 Å². The van der Waals surface area contributed by atoms with Crippen LogP contribution in [0.1, 0.15) is 0 Å². The van der Waals surface area contributed by atoms with Crippen LogP contribution in [0.3, 0.4) is 0 Å². The molecule has 0 aliphatic carbocycles. The number of hydrogen-bond donors (Lipinski definition) is 1. The van der Waals surface area contributed by atoms with Gasteiger partial charge in [0.15, 0.2) is 0 Å². The Bertz CT molecular complexity index is 574. The molecule has 2 aromatic rings. The van der Waals surface area contributed by atoms with Crippen molar-refractivity contribution < 1.29 is 8.42 Å². The van der Waals surface area contributed by atoms with Crippen LogP contribution < -0.4 is 4.72 Å². The lowest BCUT2D eigenvalue weighted by molar-refractivity contribution is 0.603. The van der Waals surface area contributed by atoms with E-state index in [1.807, 2.05) is 18.4 Å². The summed E-state index contributed by atoms with van der Waals surface area (Å²) in [5, 5.41) is 1.74. The second-order valence-corrected chi connectivity index (χ2v) is 7.00. The van der Waals surface area contributed by atoms with E-state index in [2.05, 4.69) is 4.72 Å². The molecule has 1 aromatic heterocycles. The highest BCUT2D eigenvalue weighted by molar-refractivity contribution is 7.98. The smallest absolute Gasteiger partial charge is 0.271 e. The maximum absolute atomic E-state index is 11.9. The van der Waals surface area contributed by atoms with Gasteiger partial charge in [0.2, 0.25) is 0 Å². The molecule has 3 nitrogen and oxygen atoms in total. The van der Waals surface area contributed by atoms with Crippen LogP contribution in [0.4, 0.5) is 5.69 Å². The second kappa shape index (κ2) is 5.12. The van der Waals surface area contributed by atoms with Gasteiger partial charge in [-0.05, 0) is 42.0 Å². The van der Waals surface area contributed by atoms with Gasteiger partial charge >= 0.3 is 0 Å². The van der Waals surface area contributed by atoms with E-state index in [1.165, 1.54) is 11.3 Å². The van der Waals surface area contributed by atoms with Crippen molar-refractivity contribution in [2.45, 2.75) is 9.10 Å². The molecule has 0 radical (unpaired) electrons. The Balaban J connectivity index is 2.21. The summed E-state index contributed by atoms with van der Waals surface area (Å²) >= 11 is 2.82. The molecule has 1 aromatic carbocycles. The first-order valence-corrected chi connectivity index (χ1v) is 8.41. The van der Waals surface area contributed by atoms with Crippen molar-refractivity contribution in [2.75, 3.05) is 11.0 Å². The quantitative estimate of drug-likeness (QED) is 0.877. The molecular weight excluding hydrogens is 274 g/mol. The van der Waals surface area contributed by atoms with Gasteiger partial charge in [0.1, 0.15) is 4.21 Å². The minimum Gasteiger partial charge on any atom is -0.279 e.